The summed E-state index contributed by atoms with van der Waals surface area (Å²) in [5.41, 5.74) is 6.85. The van der Waals surface area contributed by atoms with Gasteiger partial charge in [0.2, 0.25) is 5.95 Å². The maximum absolute atomic E-state index is 6.02. The Kier molecular flexibility index (Phi) is 4.26. The molecule has 5 nitrogen and oxygen atoms in total. The Labute approximate surface area is 141 Å². The molecule has 0 fully saturated rings. The van der Waals surface area contributed by atoms with Crippen molar-refractivity contribution in [3.63, 3.8) is 0 Å². The average molecular weight is 378 g/mol. The second-order valence-corrected chi connectivity index (χ2v) is 7.37. The van der Waals surface area contributed by atoms with Gasteiger partial charge in [0.25, 0.3) is 0 Å². The molecule has 0 aliphatic heterocycles. The fraction of sp³-hybridized carbons (Fsp3) is 0.267. The molecule has 1 aromatic carbocycles. The standard InChI is InChI=1S/C15H16BrN5S/c1-8(14-18-7-9(2)22-14)6-19-15-20-12-4-3-10(16)5-11(12)13(17)21-15/h3-5,7-8H,6H2,1-2H3,(H3,17,19,20,21). The van der Waals surface area contributed by atoms with Crippen LogP contribution in [0.4, 0.5) is 11.8 Å². The van der Waals surface area contributed by atoms with E-state index in [4.69, 9.17) is 5.73 Å². The van der Waals surface area contributed by atoms with Gasteiger partial charge >= 0.3 is 0 Å². The summed E-state index contributed by atoms with van der Waals surface area (Å²) in [5, 5.41) is 5.22. The predicted octanol–water partition coefficient (Wildman–Crippen LogP) is 3.96. The minimum atomic E-state index is 0.295. The van der Waals surface area contributed by atoms with E-state index in [0.717, 1.165) is 20.4 Å². The summed E-state index contributed by atoms with van der Waals surface area (Å²) in [6, 6.07) is 5.80. The van der Waals surface area contributed by atoms with Crippen LogP contribution in [0.25, 0.3) is 10.9 Å². The molecule has 3 rings (SSSR count). The molecule has 0 aliphatic carbocycles. The number of hydrogen-bond acceptors (Lipinski definition) is 6. The fourth-order valence-electron chi connectivity index (χ4n) is 2.14. The number of rotatable bonds is 4. The Morgan fingerprint density at radius 1 is 1.36 bits per heavy atom. The van der Waals surface area contributed by atoms with Crippen LogP contribution >= 0.6 is 27.3 Å². The number of thiazole rings is 1. The molecule has 7 heteroatoms. The zero-order valence-electron chi connectivity index (χ0n) is 12.3. The maximum Gasteiger partial charge on any atom is 0.225 e. The van der Waals surface area contributed by atoms with Crippen molar-refractivity contribution >= 4 is 49.9 Å². The number of aromatic nitrogens is 3. The van der Waals surface area contributed by atoms with E-state index < -0.39 is 0 Å². The van der Waals surface area contributed by atoms with E-state index >= 15 is 0 Å². The molecule has 1 unspecified atom stereocenters. The molecule has 0 saturated heterocycles. The van der Waals surface area contributed by atoms with Gasteiger partial charge in [-0.15, -0.1) is 11.3 Å². The number of aryl methyl sites for hydroxylation is 1. The van der Waals surface area contributed by atoms with E-state index in [1.807, 2.05) is 24.4 Å². The first kappa shape index (κ1) is 15.2. The molecule has 1 atom stereocenters. The van der Waals surface area contributed by atoms with Crippen molar-refractivity contribution in [2.24, 2.45) is 0 Å². The second-order valence-electron chi connectivity index (χ2n) is 5.19. The van der Waals surface area contributed by atoms with Gasteiger partial charge in [-0.25, -0.2) is 9.97 Å². The number of nitrogens with zero attached hydrogens (tertiary/aromatic N) is 3. The van der Waals surface area contributed by atoms with Gasteiger partial charge in [0.05, 0.1) is 10.5 Å². The van der Waals surface area contributed by atoms with Gasteiger partial charge in [-0.1, -0.05) is 22.9 Å². The molecule has 0 bridgehead atoms. The highest BCUT2D eigenvalue weighted by Gasteiger charge is 2.11. The Morgan fingerprint density at radius 2 is 2.18 bits per heavy atom. The number of halogens is 1. The first-order valence-corrected chi connectivity index (χ1v) is 8.53. The van der Waals surface area contributed by atoms with Gasteiger partial charge in [0.1, 0.15) is 5.82 Å². The van der Waals surface area contributed by atoms with E-state index in [2.05, 4.69) is 50.0 Å². The zero-order valence-corrected chi connectivity index (χ0v) is 14.7. The summed E-state index contributed by atoms with van der Waals surface area (Å²) >= 11 is 5.15. The van der Waals surface area contributed by atoms with Crippen LogP contribution in [0.1, 0.15) is 22.7 Å². The van der Waals surface area contributed by atoms with E-state index in [-0.39, 0.29) is 0 Å². The first-order valence-electron chi connectivity index (χ1n) is 6.92. The maximum atomic E-state index is 6.02. The predicted molar refractivity (Wildman–Crippen MR) is 95.4 cm³/mol. The first-order chi connectivity index (χ1) is 10.5. The summed E-state index contributed by atoms with van der Waals surface area (Å²) in [5.74, 6) is 1.32. The molecule has 2 heterocycles. The molecule has 22 heavy (non-hydrogen) atoms. The SMILES string of the molecule is Cc1cnc(C(C)CNc2nc(N)c3cc(Br)ccc3n2)s1. The van der Waals surface area contributed by atoms with Crippen LogP contribution in [-0.2, 0) is 0 Å². The van der Waals surface area contributed by atoms with E-state index in [1.54, 1.807) is 11.3 Å². The average Bonchev–Trinajstić information content (AvgIpc) is 2.92. The number of hydrogen-bond donors (Lipinski definition) is 2. The third-order valence-corrected chi connectivity index (χ3v) is 4.95. The van der Waals surface area contributed by atoms with Crippen LogP contribution < -0.4 is 11.1 Å². The Bertz CT molecular complexity index is 817. The minimum absolute atomic E-state index is 0.295. The monoisotopic (exact) mass is 377 g/mol. The lowest BCUT2D eigenvalue weighted by molar-refractivity contribution is 0.788. The Morgan fingerprint density at radius 3 is 2.91 bits per heavy atom. The van der Waals surface area contributed by atoms with Crippen LogP contribution in [-0.4, -0.2) is 21.5 Å². The minimum Gasteiger partial charge on any atom is -0.383 e. The highest BCUT2D eigenvalue weighted by molar-refractivity contribution is 9.10. The van der Waals surface area contributed by atoms with Crippen LogP contribution in [0.15, 0.2) is 28.9 Å². The smallest absolute Gasteiger partial charge is 0.225 e. The van der Waals surface area contributed by atoms with Gasteiger partial charge in [0.15, 0.2) is 0 Å². The van der Waals surface area contributed by atoms with Crippen molar-refractivity contribution in [1.29, 1.82) is 0 Å². The van der Waals surface area contributed by atoms with Crippen molar-refractivity contribution in [2.75, 3.05) is 17.6 Å². The zero-order chi connectivity index (χ0) is 15.7. The number of nitrogens with one attached hydrogen (secondary N) is 1. The van der Waals surface area contributed by atoms with Crippen LogP contribution in [0, 0.1) is 6.92 Å². The lowest BCUT2D eigenvalue weighted by atomic mass is 10.2. The van der Waals surface area contributed by atoms with Gasteiger partial charge in [-0.3, -0.25) is 0 Å². The summed E-state index contributed by atoms with van der Waals surface area (Å²) in [6.45, 7) is 4.91. The molecular weight excluding hydrogens is 362 g/mol. The largest absolute Gasteiger partial charge is 0.383 e. The molecule has 0 radical (unpaired) electrons. The summed E-state index contributed by atoms with van der Waals surface area (Å²) in [7, 11) is 0. The fourth-order valence-corrected chi connectivity index (χ4v) is 3.32. The molecule has 3 aromatic rings. The third-order valence-electron chi connectivity index (χ3n) is 3.31. The number of anilines is 2. The topological polar surface area (TPSA) is 76.7 Å². The van der Waals surface area contributed by atoms with E-state index in [0.29, 0.717) is 24.2 Å². The highest BCUT2D eigenvalue weighted by atomic mass is 79.9. The lowest BCUT2D eigenvalue weighted by Gasteiger charge is -2.11. The summed E-state index contributed by atoms with van der Waals surface area (Å²) < 4.78 is 0.962. The van der Waals surface area contributed by atoms with E-state index in [1.165, 1.54) is 4.88 Å². The van der Waals surface area contributed by atoms with Crippen molar-refractivity contribution < 1.29 is 0 Å². The number of fused-ring (bicyclic) bond motifs is 1. The van der Waals surface area contributed by atoms with Crippen molar-refractivity contribution in [1.82, 2.24) is 15.0 Å². The summed E-state index contributed by atoms with van der Waals surface area (Å²) in [4.78, 5) is 14.5. The van der Waals surface area contributed by atoms with Gasteiger partial charge in [0, 0.05) is 33.4 Å². The number of nitrogen functional groups attached to an aromatic ring is 1. The van der Waals surface area contributed by atoms with Crippen LogP contribution in [0.2, 0.25) is 0 Å². The Balaban J connectivity index is 1.78. The summed E-state index contributed by atoms with van der Waals surface area (Å²) in [6.07, 6.45) is 1.90. The molecule has 0 amide bonds. The molecule has 2 aromatic heterocycles. The quantitative estimate of drug-likeness (QED) is 0.719. The van der Waals surface area contributed by atoms with Gasteiger partial charge in [-0.2, -0.15) is 4.98 Å². The van der Waals surface area contributed by atoms with E-state index in [9.17, 15) is 0 Å². The van der Waals surface area contributed by atoms with Gasteiger partial charge in [-0.05, 0) is 25.1 Å². The van der Waals surface area contributed by atoms with Crippen molar-refractivity contribution in [3.05, 3.63) is 38.8 Å². The third kappa shape index (κ3) is 3.20. The second kappa shape index (κ2) is 6.18. The van der Waals surface area contributed by atoms with Crippen molar-refractivity contribution in [2.45, 2.75) is 19.8 Å². The normalized spacial score (nSPS) is 12.5. The molecule has 0 saturated carbocycles. The number of nitrogens with two attached hydrogens (primary N) is 1. The lowest BCUT2D eigenvalue weighted by Crippen LogP contribution is -2.12. The molecule has 114 valence electrons. The van der Waals surface area contributed by atoms with Crippen LogP contribution in [0.5, 0.6) is 0 Å². The number of benzene rings is 1. The van der Waals surface area contributed by atoms with Gasteiger partial charge < -0.3 is 11.1 Å². The molecular formula is C15H16BrN5S. The molecule has 3 N–H and O–H groups in total. The molecule has 0 spiro atoms. The van der Waals surface area contributed by atoms with Crippen molar-refractivity contribution in [3.8, 4) is 0 Å². The molecule has 0 aliphatic rings. The highest BCUT2D eigenvalue weighted by Crippen LogP contribution is 2.25. The van der Waals surface area contributed by atoms with Crippen LogP contribution in [0.3, 0.4) is 0 Å². The Hall–Kier alpha value is -1.73.